The summed E-state index contributed by atoms with van der Waals surface area (Å²) in [6.45, 7) is -0.530. The number of rotatable bonds is 8. The van der Waals surface area contributed by atoms with Crippen LogP contribution in [0.25, 0.3) is 0 Å². The highest BCUT2D eigenvalue weighted by molar-refractivity contribution is 7.89. The molecule has 0 aromatic heterocycles. The molecule has 0 radical (unpaired) electrons. The first-order valence-electron chi connectivity index (χ1n) is 5.80. The Hall–Kier alpha value is -1.75. The Kier molecular flexibility index (Phi) is 6.03. The number of hydrogen-bond acceptors (Lipinski definition) is 7. The third-order valence-electron chi connectivity index (χ3n) is 2.56. The van der Waals surface area contributed by atoms with Crippen LogP contribution in [0.2, 0.25) is 0 Å². The van der Waals surface area contributed by atoms with Gasteiger partial charge in [0.15, 0.2) is 0 Å². The predicted molar refractivity (Wildman–Crippen MR) is 72.7 cm³/mol. The fourth-order valence-corrected chi connectivity index (χ4v) is 3.00. The maximum absolute atomic E-state index is 12.3. The molecule has 0 saturated heterocycles. The van der Waals surface area contributed by atoms with E-state index in [-0.39, 0.29) is 22.9 Å². The minimum Gasteiger partial charge on any atom is -0.495 e. The fraction of sp³-hybridized carbons (Fsp3) is 0.455. The highest BCUT2D eigenvalue weighted by atomic mass is 32.2. The van der Waals surface area contributed by atoms with Crippen LogP contribution in [0.4, 0.5) is 5.69 Å². The van der Waals surface area contributed by atoms with Gasteiger partial charge in [-0.3, -0.25) is 10.1 Å². The first kappa shape index (κ1) is 17.3. The van der Waals surface area contributed by atoms with Gasteiger partial charge in [-0.25, -0.2) is 13.1 Å². The van der Waals surface area contributed by atoms with Crippen molar-refractivity contribution in [2.24, 2.45) is 0 Å². The topological polar surface area (TPSA) is 128 Å². The zero-order valence-corrected chi connectivity index (χ0v) is 12.3. The Morgan fingerprint density at radius 2 is 2.10 bits per heavy atom. The lowest BCUT2D eigenvalue weighted by molar-refractivity contribution is -0.385. The lowest BCUT2D eigenvalue weighted by Crippen LogP contribution is -2.40. The fourth-order valence-electron chi connectivity index (χ4n) is 1.60. The van der Waals surface area contributed by atoms with Gasteiger partial charge in [0.05, 0.1) is 31.3 Å². The van der Waals surface area contributed by atoms with Crippen LogP contribution in [0.3, 0.4) is 0 Å². The van der Waals surface area contributed by atoms with Crippen molar-refractivity contribution in [2.45, 2.75) is 10.9 Å². The van der Waals surface area contributed by atoms with E-state index in [9.17, 15) is 18.5 Å². The van der Waals surface area contributed by atoms with E-state index in [0.29, 0.717) is 0 Å². The molecule has 1 atom stereocenters. The molecule has 0 spiro atoms. The predicted octanol–water partition coefficient (Wildman–Crippen LogP) is -0.111. The first-order chi connectivity index (χ1) is 9.85. The van der Waals surface area contributed by atoms with Crippen LogP contribution in [-0.2, 0) is 14.8 Å². The van der Waals surface area contributed by atoms with Crippen molar-refractivity contribution in [3.8, 4) is 5.75 Å². The van der Waals surface area contributed by atoms with Gasteiger partial charge < -0.3 is 14.6 Å². The molecule has 0 heterocycles. The number of sulfonamides is 1. The van der Waals surface area contributed by atoms with Gasteiger partial charge in [0.1, 0.15) is 10.6 Å². The molecule has 118 valence electrons. The van der Waals surface area contributed by atoms with Gasteiger partial charge in [-0.1, -0.05) is 0 Å². The van der Waals surface area contributed by atoms with Crippen molar-refractivity contribution in [3.63, 3.8) is 0 Å². The molecule has 10 heteroatoms. The summed E-state index contributed by atoms with van der Waals surface area (Å²) in [4.78, 5) is 9.66. The lowest BCUT2D eigenvalue weighted by atomic mass is 10.3. The summed E-state index contributed by atoms with van der Waals surface area (Å²) in [5, 5.41) is 19.8. The lowest BCUT2D eigenvalue weighted by Gasteiger charge is -2.16. The minimum atomic E-state index is -4.11. The molecule has 0 bridgehead atoms. The molecule has 1 aromatic rings. The van der Waals surface area contributed by atoms with Gasteiger partial charge >= 0.3 is 0 Å². The number of aliphatic hydroxyl groups excluding tert-OH is 1. The van der Waals surface area contributed by atoms with Gasteiger partial charge in [0.25, 0.3) is 5.69 Å². The number of ether oxygens (including phenoxy) is 2. The van der Waals surface area contributed by atoms with E-state index in [1.807, 2.05) is 0 Å². The van der Waals surface area contributed by atoms with Crippen molar-refractivity contribution in [1.29, 1.82) is 0 Å². The van der Waals surface area contributed by atoms with Crippen LogP contribution < -0.4 is 9.46 Å². The van der Waals surface area contributed by atoms with Crippen molar-refractivity contribution >= 4 is 15.7 Å². The highest BCUT2D eigenvalue weighted by Crippen LogP contribution is 2.28. The summed E-state index contributed by atoms with van der Waals surface area (Å²) in [5.41, 5.74) is -0.386. The van der Waals surface area contributed by atoms with Crippen molar-refractivity contribution < 1.29 is 27.9 Å². The number of nitro groups is 1. The third-order valence-corrected chi connectivity index (χ3v) is 4.10. The third kappa shape index (κ3) is 4.36. The van der Waals surface area contributed by atoms with Crippen LogP contribution in [0.1, 0.15) is 0 Å². The summed E-state index contributed by atoms with van der Waals surface area (Å²) >= 11 is 0. The summed E-state index contributed by atoms with van der Waals surface area (Å²) in [5.74, 6) is -0.0396. The second kappa shape index (κ2) is 7.31. The van der Waals surface area contributed by atoms with Gasteiger partial charge in [0.2, 0.25) is 10.0 Å². The highest BCUT2D eigenvalue weighted by Gasteiger charge is 2.25. The van der Waals surface area contributed by atoms with Gasteiger partial charge in [0, 0.05) is 19.2 Å². The average Bonchev–Trinajstić information content (AvgIpc) is 2.45. The molecule has 2 N–H and O–H groups in total. The van der Waals surface area contributed by atoms with E-state index >= 15 is 0 Å². The molecule has 9 nitrogen and oxygen atoms in total. The maximum atomic E-state index is 12.3. The molecule has 0 aliphatic carbocycles. The average molecular weight is 320 g/mol. The van der Waals surface area contributed by atoms with Crippen LogP contribution in [-0.4, -0.2) is 51.9 Å². The molecule has 0 aliphatic heterocycles. The van der Waals surface area contributed by atoms with E-state index in [2.05, 4.69) is 4.72 Å². The molecule has 1 aromatic carbocycles. The molecular weight excluding hydrogens is 304 g/mol. The van der Waals surface area contributed by atoms with E-state index in [1.54, 1.807) is 0 Å². The van der Waals surface area contributed by atoms with E-state index < -0.39 is 27.6 Å². The smallest absolute Gasteiger partial charge is 0.271 e. The Labute approximate surface area is 121 Å². The van der Waals surface area contributed by atoms with Crippen LogP contribution >= 0.6 is 0 Å². The Morgan fingerprint density at radius 1 is 1.43 bits per heavy atom. The van der Waals surface area contributed by atoms with Gasteiger partial charge in [-0.2, -0.15) is 0 Å². The second-order valence-corrected chi connectivity index (χ2v) is 5.73. The molecule has 0 fully saturated rings. The second-order valence-electron chi connectivity index (χ2n) is 4.05. The van der Waals surface area contributed by atoms with Crippen molar-refractivity contribution in [1.82, 2.24) is 4.72 Å². The number of aliphatic hydroxyl groups is 1. The number of methoxy groups -OCH3 is 2. The summed E-state index contributed by atoms with van der Waals surface area (Å²) in [7, 11) is -1.51. The maximum Gasteiger partial charge on any atom is 0.271 e. The summed E-state index contributed by atoms with van der Waals surface area (Å²) in [6.07, 6.45) is 0. The molecule has 1 rings (SSSR count). The monoisotopic (exact) mass is 320 g/mol. The van der Waals surface area contributed by atoms with Crippen molar-refractivity contribution in [2.75, 3.05) is 27.4 Å². The number of nitrogens with one attached hydrogen (secondary N) is 1. The Morgan fingerprint density at radius 3 is 2.57 bits per heavy atom. The number of benzene rings is 1. The van der Waals surface area contributed by atoms with Crippen LogP contribution in [0.5, 0.6) is 5.75 Å². The molecule has 21 heavy (non-hydrogen) atoms. The van der Waals surface area contributed by atoms with E-state index in [0.717, 1.165) is 12.1 Å². The molecule has 1 unspecified atom stereocenters. The summed E-state index contributed by atoms with van der Waals surface area (Å²) in [6, 6.07) is 2.35. The molecule has 0 aliphatic rings. The normalized spacial score (nSPS) is 12.9. The van der Waals surface area contributed by atoms with Crippen LogP contribution in [0.15, 0.2) is 23.1 Å². The van der Waals surface area contributed by atoms with E-state index in [1.165, 1.54) is 20.3 Å². The van der Waals surface area contributed by atoms with Gasteiger partial charge in [-0.15, -0.1) is 0 Å². The largest absolute Gasteiger partial charge is 0.495 e. The molecular formula is C11H16N2O7S. The zero-order chi connectivity index (χ0) is 16.0. The van der Waals surface area contributed by atoms with Crippen molar-refractivity contribution in [3.05, 3.63) is 28.3 Å². The summed E-state index contributed by atoms with van der Waals surface area (Å²) < 4.78 is 36.4. The SMILES string of the molecule is COCC(CO)NS(=O)(=O)c1cc([N+](=O)[O-])ccc1OC. The van der Waals surface area contributed by atoms with Gasteiger partial charge in [-0.05, 0) is 6.07 Å². The molecule has 0 saturated carbocycles. The number of non-ortho nitro benzene ring substituents is 1. The zero-order valence-electron chi connectivity index (χ0n) is 11.5. The molecule has 0 amide bonds. The number of nitro benzene ring substituents is 1. The minimum absolute atomic E-state index is 0.0396. The number of nitrogens with zero attached hydrogens (tertiary/aromatic N) is 1. The first-order valence-corrected chi connectivity index (χ1v) is 7.28. The van der Waals surface area contributed by atoms with E-state index in [4.69, 9.17) is 14.6 Å². The Balaban J connectivity index is 3.22. The van der Waals surface area contributed by atoms with Crippen LogP contribution in [0, 0.1) is 10.1 Å². The quantitative estimate of drug-likeness (QED) is 0.505. The number of hydrogen-bond donors (Lipinski definition) is 2. The Bertz CT molecular complexity index is 603. The standard InChI is InChI=1S/C11H16N2O7S/c1-19-7-8(6-14)12-21(17,18)11-5-9(13(15)16)3-4-10(11)20-2/h3-5,8,12,14H,6-7H2,1-2H3.